The minimum absolute atomic E-state index is 0.0331. The fraction of sp³-hybridized carbons (Fsp3) is 0.391. The van der Waals surface area contributed by atoms with E-state index in [-0.39, 0.29) is 35.9 Å². The number of hydrogen-bond donors (Lipinski definition) is 1. The van der Waals surface area contributed by atoms with Crippen LogP contribution in [0.4, 0.5) is 15.8 Å². The number of carbonyl (C=O) groups excluding carboxylic acids is 2. The van der Waals surface area contributed by atoms with Gasteiger partial charge in [-0.05, 0) is 47.2 Å². The summed E-state index contributed by atoms with van der Waals surface area (Å²) in [5.41, 5.74) is 3.73. The predicted octanol–water partition coefficient (Wildman–Crippen LogP) is 5.06. The molecular weight excluding hydrogens is 355 g/mol. The molecule has 0 aliphatic carbocycles. The van der Waals surface area contributed by atoms with Crippen LogP contribution in [0.5, 0.6) is 0 Å². The lowest BCUT2D eigenvalue weighted by atomic mass is 9.92. The molecule has 1 unspecified atom stereocenters. The summed E-state index contributed by atoms with van der Waals surface area (Å²) in [7, 11) is 0. The highest BCUT2D eigenvalue weighted by molar-refractivity contribution is 6.04. The first-order valence-electron chi connectivity index (χ1n) is 9.77. The molecule has 0 saturated carbocycles. The maximum absolute atomic E-state index is 13.1. The van der Waals surface area contributed by atoms with Crippen LogP contribution in [-0.2, 0) is 9.59 Å². The number of nitrogens with one attached hydrogen (secondary N) is 1. The number of rotatable bonds is 5. The molecule has 1 atom stereocenters. The standard InChI is InChI=1S/C23H27FN2O2/c1-14(2)19-6-5-7-20(15(3)4)22(19)26-13-16(12-21(26)27)23(28)25-18-10-8-17(24)9-11-18/h5-11,14-16H,12-13H2,1-4H3,(H,25,28). The second-order valence-corrected chi connectivity index (χ2v) is 8.00. The zero-order valence-electron chi connectivity index (χ0n) is 16.8. The molecule has 4 nitrogen and oxygen atoms in total. The second-order valence-electron chi connectivity index (χ2n) is 8.00. The molecule has 1 heterocycles. The Hall–Kier alpha value is -2.69. The van der Waals surface area contributed by atoms with E-state index in [1.807, 2.05) is 6.07 Å². The van der Waals surface area contributed by atoms with E-state index in [0.717, 1.165) is 16.8 Å². The van der Waals surface area contributed by atoms with Crippen LogP contribution in [0.15, 0.2) is 42.5 Å². The van der Waals surface area contributed by atoms with Gasteiger partial charge in [0, 0.05) is 18.7 Å². The largest absolute Gasteiger partial charge is 0.326 e. The number of amides is 2. The smallest absolute Gasteiger partial charge is 0.229 e. The second kappa shape index (κ2) is 8.13. The first kappa shape index (κ1) is 20.1. The van der Waals surface area contributed by atoms with Crippen LogP contribution in [-0.4, -0.2) is 18.4 Å². The lowest BCUT2D eigenvalue weighted by molar-refractivity contribution is -0.122. The van der Waals surface area contributed by atoms with Gasteiger partial charge in [-0.3, -0.25) is 9.59 Å². The first-order chi connectivity index (χ1) is 13.3. The Bertz CT molecular complexity index is 848. The molecule has 0 radical (unpaired) electrons. The van der Waals surface area contributed by atoms with E-state index in [0.29, 0.717) is 12.2 Å². The van der Waals surface area contributed by atoms with Crippen molar-refractivity contribution < 1.29 is 14.0 Å². The Morgan fingerprint density at radius 1 is 1.04 bits per heavy atom. The van der Waals surface area contributed by atoms with Crippen molar-refractivity contribution in [1.29, 1.82) is 0 Å². The number of nitrogens with zero attached hydrogens (tertiary/aromatic N) is 1. The van der Waals surface area contributed by atoms with Crippen molar-refractivity contribution in [1.82, 2.24) is 0 Å². The third kappa shape index (κ3) is 4.08. The van der Waals surface area contributed by atoms with E-state index in [1.165, 1.54) is 24.3 Å². The summed E-state index contributed by atoms with van der Waals surface area (Å²) in [6, 6.07) is 11.8. The van der Waals surface area contributed by atoms with Crippen LogP contribution >= 0.6 is 0 Å². The summed E-state index contributed by atoms with van der Waals surface area (Å²) in [5, 5.41) is 2.79. The normalized spacial score (nSPS) is 16.9. The SMILES string of the molecule is CC(C)c1cccc(C(C)C)c1N1CC(C(=O)Nc2ccc(F)cc2)CC1=O. The monoisotopic (exact) mass is 382 g/mol. The minimum atomic E-state index is -0.433. The third-order valence-electron chi connectivity index (χ3n) is 5.22. The summed E-state index contributed by atoms with van der Waals surface area (Å²) in [4.78, 5) is 27.3. The number of benzene rings is 2. The van der Waals surface area contributed by atoms with E-state index >= 15 is 0 Å². The van der Waals surface area contributed by atoms with Gasteiger partial charge in [0.2, 0.25) is 11.8 Å². The molecule has 0 bridgehead atoms. The van der Waals surface area contributed by atoms with Gasteiger partial charge in [0.25, 0.3) is 0 Å². The molecule has 1 fully saturated rings. The van der Waals surface area contributed by atoms with Crippen molar-refractivity contribution in [2.45, 2.75) is 46.0 Å². The Labute approximate surface area is 165 Å². The van der Waals surface area contributed by atoms with Crippen molar-refractivity contribution in [3.05, 3.63) is 59.4 Å². The van der Waals surface area contributed by atoms with Crippen molar-refractivity contribution in [3.63, 3.8) is 0 Å². The molecule has 5 heteroatoms. The van der Waals surface area contributed by atoms with E-state index < -0.39 is 5.92 Å². The number of carbonyl (C=O) groups is 2. The molecule has 0 spiro atoms. The molecule has 1 saturated heterocycles. The maximum Gasteiger partial charge on any atom is 0.229 e. The molecule has 1 N–H and O–H groups in total. The van der Waals surface area contributed by atoms with Crippen molar-refractivity contribution in [2.24, 2.45) is 5.92 Å². The highest BCUT2D eigenvalue weighted by Crippen LogP contribution is 2.38. The average molecular weight is 382 g/mol. The summed E-state index contributed by atoms with van der Waals surface area (Å²) >= 11 is 0. The first-order valence-corrected chi connectivity index (χ1v) is 9.77. The Kier molecular flexibility index (Phi) is 5.82. The number of hydrogen-bond acceptors (Lipinski definition) is 2. The molecule has 1 aliphatic heterocycles. The fourth-order valence-corrected chi connectivity index (χ4v) is 3.70. The van der Waals surface area contributed by atoms with E-state index in [2.05, 4.69) is 45.1 Å². The summed E-state index contributed by atoms with van der Waals surface area (Å²) < 4.78 is 13.1. The van der Waals surface area contributed by atoms with Crippen molar-refractivity contribution >= 4 is 23.2 Å². The number of halogens is 1. The maximum atomic E-state index is 13.1. The van der Waals surface area contributed by atoms with Gasteiger partial charge in [0.15, 0.2) is 0 Å². The van der Waals surface area contributed by atoms with Crippen LogP contribution in [0.3, 0.4) is 0 Å². The van der Waals surface area contributed by atoms with Gasteiger partial charge in [-0.15, -0.1) is 0 Å². The molecule has 28 heavy (non-hydrogen) atoms. The summed E-state index contributed by atoms with van der Waals surface area (Å²) in [6.07, 6.45) is 0.178. The lowest BCUT2D eigenvalue weighted by Gasteiger charge is -2.27. The van der Waals surface area contributed by atoms with Gasteiger partial charge in [0.1, 0.15) is 5.82 Å². The van der Waals surface area contributed by atoms with Crippen LogP contribution < -0.4 is 10.2 Å². The zero-order valence-corrected chi connectivity index (χ0v) is 16.8. The van der Waals surface area contributed by atoms with Gasteiger partial charge in [-0.2, -0.15) is 0 Å². The summed E-state index contributed by atoms with van der Waals surface area (Å²) in [5.74, 6) is -0.489. The topological polar surface area (TPSA) is 49.4 Å². The number of para-hydroxylation sites is 1. The highest BCUT2D eigenvalue weighted by atomic mass is 19.1. The Morgan fingerprint density at radius 3 is 2.14 bits per heavy atom. The minimum Gasteiger partial charge on any atom is -0.326 e. The van der Waals surface area contributed by atoms with Gasteiger partial charge >= 0.3 is 0 Å². The molecule has 1 aliphatic rings. The van der Waals surface area contributed by atoms with Crippen molar-refractivity contribution in [3.8, 4) is 0 Å². The fourth-order valence-electron chi connectivity index (χ4n) is 3.70. The van der Waals surface area contributed by atoms with Crippen LogP contribution in [0.2, 0.25) is 0 Å². The van der Waals surface area contributed by atoms with Crippen LogP contribution in [0.1, 0.15) is 57.1 Å². The molecule has 2 amide bonds. The zero-order chi connectivity index (χ0) is 20.4. The Balaban J connectivity index is 1.85. The quantitative estimate of drug-likeness (QED) is 0.785. The molecule has 2 aromatic carbocycles. The average Bonchev–Trinajstić information content (AvgIpc) is 3.04. The highest BCUT2D eigenvalue weighted by Gasteiger charge is 2.37. The van der Waals surface area contributed by atoms with Gasteiger partial charge in [-0.1, -0.05) is 45.9 Å². The molecule has 0 aromatic heterocycles. The molecule has 148 valence electrons. The summed E-state index contributed by atoms with van der Waals surface area (Å²) in [6.45, 7) is 8.81. The lowest BCUT2D eigenvalue weighted by Crippen LogP contribution is -2.30. The third-order valence-corrected chi connectivity index (χ3v) is 5.22. The van der Waals surface area contributed by atoms with Crippen LogP contribution in [0, 0.1) is 11.7 Å². The van der Waals surface area contributed by atoms with E-state index in [9.17, 15) is 14.0 Å². The van der Waals surface area contributed by atoms with Crippen LogP contribution in [0.25, 0.3) is 0 Å². The van der Waals surface area contributed by atoms with E-state index in [4.69, 9.17) is 0 Å². The van der Waals surface area contributed by atoms with Gasteiger partial charge < -0.3 is 10.2 Å². The number of anilines is 2. The Morgan fingerprint density at radius 2 is 1.61 bits per heavy atom. The van der Waals surface area contributed by atoms with Crippen molar-refractivity contribution in [2.75, 3.05) is 16.8 Å². The van der Waals surface area contributed by atoms with Gasteiger partial charge in [-0.25, -0.2) is 4.39 Å². The molecular formula is C23H27FN2O2. The molecule has 3 rings (SSSR count). The predicted molar refractivity (Wildman–Crippen MR) is 110 cm³/mol. The molecule has 2 aromatic rings. The van der Waals surface area contributed by atoms with Gasteiger partial charge in [0.05, 0.1) is 11.6 Å². The van der Waals surface area contributed by atoms with E-state index in [1.54, 1.807) is 4.90 Å².